The van der Waals surface area contributed by atoms with Gasteiger partial charge in [-0.2, -0.15) is 10.1 Å². The number of aromatic nitrogens is 3. The number of rotatable bonds is 4. The average molecular weight is 340 g/mol. The van der Waals surface area contributed by atoms with Crippen LogP contribution in [0.4, 0.5) is 17.5 Å². The van der Waals surface area contributed by atoms with Crippen molar-refractivity contribution in [2.75, 3.05) is 22.1 Å². The first-order chi connectivity index (χ1) is 10.5. The predicted octanol–water partition coefficient (Wildman–Crippen LogP) is 1.87. The van der Waals surface area contributed by atoms with Crippen molar-refractivity contribution in [2.24, 2.45) is 0 Å². The lowest BCUT2D eigenvalue weighted by atomic mass is 10.3. The Labute approximate surface area is 133 Å². The summed E-state index contributed by atoms with van der Waals surface area (Å²) in [6.45, 7) is 0. The number of hydrogen-bond acceptors (Lipinski definition) is 7. The van der Waals surface area contributed by atoms with Crippen molar-refractivity contribution in [1.82, 2.24) is 15.2 Å². The van der Waals surface area contributed by atoms with E-state index < -0.39 is 9.84 Å². The van der Waals surface area contributed by atoms with Crippen LogP contribution in [0.5, 0.6) is 0 Å². The van der Waals surface area contributed by atoms with Gasteiger partial charge in [-0.05, 0) is 30.7 Å². The van der Waals surface area contributed by atoms with Crippen molar-refractivity contribution in [2.45, 2.75) is 12.5 Å². The lowest BCUT2D eigenvalue weighted by Crippen LogP contribution is -2.22. The number of anilines is 3. The molecule has 1 unspecified atom stereocenters. The second-order valence-corrected chi connectivity index (χ2v) is 7.71. The fraction of sp³-hybridized carbons (Fsp3) is 0.308. The molecule has 7 nitrogen and oxygen atoms in total. The Bertz CT molecular complexity index is 766. The monoisotopic (exact) mass is 339 g/mol. The number of halogens is 1. The second-order valence-electron chi connectivity index (χ2n) is 5.04. The summed E-state index contributed by atoms with van der Waals surface area (Å²) in [5, 5.41) is 14.5. The van der Waals surface area contributed by atoms with Crippen LogP contribution in [0, 0.1) is 0 Å². The van der Waals surface area contributed by atoms with E-state index >= 15 is 0 Å². The minimum Gasteiger partial charge on any atom is -0.349 e. The number of nitrogens with one attached hydrogen (secondary N) is 2. The van der Waals surface area contributed by atoms with Crippen LogP contribution in [-0.2, 0) is 9.84 Å². The minimum atomic E-state index is -2.94. The molecule has 0 radical (unpaired) electrons. The van der Waals surface area contributed by atoms with Crippen LogP contribution in [0.25, 0.3) is 0 Å². The van der Waals surface area contributed by atoms with Gasteiger partial charge in [0.05, 0.1) is 17.7 Å². The molecule has 22 heavy (non-hydrogen) atoms. The molecule has 1 aliphatic heterocycles. The van der Waals surface area contributed by atoms with Gasteiger partial charge < -0.3 is 10.6 Å². The van der Waals surface area contributed by atoms with Gasteiger partial charge in [0, 0.05) is 16.8 Å². The maximum Gasteiger partial charge on any atom is 0.244 e. The van der Waals surface area contributed by atoms with E-state index in [1.165, 1.54) is 6.20 Å². The van der Waals surface area contributed by atoms with Gasteiger partial charge in [0.1, 0.15) is 0 Å². The third-order valence-electron chi connectivity index (χ3n) is 3.24. The van der Waals surface area contributed by atoms with E-state index in [-0.39, 0.29) is 17.5 Å². The molecule has 0 bridgehead atoms. The molecule has 1 aromatic carbocycles. The molecule has 3 rings (SSSR count). The Kier molecular flexibility index (Phi) is 4.12. The SMILES string of the molecule is O=S1(=O)CCC(Nc2nncc(Nc3ccc(Cl)cc3)n2)C1. The molecular weight excluding hydrogens is 326 g/mol. The summed E-state index contributed by atoms with van der Waals surface area (Å²) in [4.78, 5) is 4.28. The van der Waals surface area contributed by atoms with E-state index in [4.69, 9.17) is 11.6 Å². The molecule has 2 N–H and O–H groups in total. The van der Waals surface area contributed by atoms with Crippen LogP contribution in [0.15, 0.2) is 30.5 Å². The molecule has 1 atom stereocenters. The van der Waals surface area contributed by atoms with E-state index in [1.807, 2.05) is 12.1 Å². The van der Waals surface area contributed by atoms with Crippen molar-refractivity contribution in [1.29, 1.82) is 0 Å². The molecule has 9 heteroatoms. The van der Waals surface area contributed by atoms with Gasteiger partial charge in [-0.1, -0.05) is 11.6 Å². The van der Waals surface area contributed by atoms with Gasteiger partial charge in [-0.15, -0.1) is 5.10 Å². The van der Waals surface area contributed by atoms with Crippen LogP contribution in [0.3, 0.4) is 0 Å². The summed E-state index contributed by atoms with van der Waals surface area (Å²) < 4.78 is 22.9. The van der Waals surface area contributed by atoms with Crippen LogP contribution in [0.1, 0.15) is 6.42 Å². The molecule has 1 saturated heterocycles. The van der Waals surface area contributed by atoms with E-state index in [1.54, 1.807) is 12.1 Å². The maximum absolute atomic E-state index is 11.4. The fourth-order valence-corrected chi connectivity index (χ4v) is 4.00. The highest BCUT2D eigenvalue weighted by Gasteiger charge is 2.28. The lowest BCUT2D eigenvalue weighted by molar-refractivity contribution is 0.602. The Hall–Kier alpha value is -1.93. The number of benzene rings is 1. The zero-order valence-electron chi connectivity index (χ0n) is 11.5. The largest absolute Gasteiger partial charge is 0.349 e. The number of nitrogens with zero attached hydrogens (tertiary/aromatic N) is 3. The summed E-state index contributed by atoms with van der Waals surface area (Å²) in [5.41, 5.74) is 0.819. The Balaban J connectivity index is 1.68. The summed E-state index contributed by atoms with van der Waals surface area (Å²) in [6, 6.07) is 7.00. The third kappa shape index (κ3) is 3.83. The summed E-state index contributed by atoms with van der Waals surface area (Å²) in [7, 11) is -2.94. The van der Waals surface area contributed by atoms with Gasteiger partial charge in [0.25, 0.3) is 0 Å². The summed E-state index contributed by atoms with van der Waals surface area (Å²) >= 11 is 5.83. The van der Waals surface area contributed by atoms with Gasteiger partial charge in [0.15, 0.2) is 15.7 Å². The zero-order chi connectivity index (χ0) is 15.6. The van der Waals surface area contributed by atoms with Crippen LogP contribution >= 0.6 is 11.6 Å². The number of hydrogen-bond donors (Lipinski definition) is 2. The predicted molar refractivity (Wildman–Crippen MR) is 85.2 cm³/mol. The summed E-state index contributed by atoms with van der Waals surface area (Å²) in [6.07, 6.45) is 2.05. The molecule has 1 fully saturated rings. The third-order valence-corrected chi connectivity index (χ3v) is 5.26. The van der Waals surface area contributed by atoms with Crippen molar-refractivity contribution in [3.05, 3.63) is 35.5 Å². The van der Waals surface area contributed by atoms with E-state index in [2.05, 4.69) is 25.8 Å². The molecule has 116 valence electrons. The molecule has 0 spiro atoms. The average Bonchev–Trinajstić information content (AvgIpc) is 2.81. The highest BCUT2D eigenvalue weighted by molar-refractivity contribution is 7.91. The molecule has 2 aromatic rings. The minimum absolute atomic E-state index is 0.102. The quantitative estimate of drug-likeness (QED) is 0.877. The molecule has 2 heterocycles. The Morgan fingerprint density at radius 2 is 2.00 bits per heavy atom. The Morgan fingerprint density at radius 1 is 1.23 bits per heavy atom. The highest BCUT2D eigenvalue weighted by Crippen LogP contribution is 2.19. The van der Waals surface area contributed by atoms with Crippen LogP contribution < -0.4 is 10.6 Å². The zero-order valence-corrected chi connectivity index (χ0v) is 13.1. The van der Waals surface area contributed by atoms with Gasteiger partial charge >= 0.3 is 0 Å². The van der Waals surface area contributed by atoms with Crippen molar-refractivity contribution in [3.8, 4) is 0 Å². The lowest BCUT2D eigenvalue weighted by Gasteiger charge is -2.11. The van der Waals surface area contributed by atoms with Gasteiger partial charge in [-0.3, -0.25) is 0 Å². The van der Waals surface area contributed by atoms with Crippen LogP contribution in [0.2, 0.25) is 5.02 Å². The van der Waals surface area contributed by atoms with E-state index in [9.17, 15) is 8.42 Å². The van der Waals surface area contributed by atoms with Crippen molar-refractivity contribution < 1.29 is 8.42 Å². The van der Waals surface area contributed by atoms with Gasteiger partial charge in [0.2, 0.25) is 5.95 Å². The van der Waals surface area contributed by atoms with Crippen molar-refractivity contribution >= 4 is 38.9 Å². The fourth-order valence-electron chi connectivity index (χ4n) is 2.20. The molecule has 0 amide bonds. The van der Waals surface area contributed by atoms with Crippen LogP contribution in [-0.4, -0.2) is 41.1 Å². The first-order valence-electron chi connectivity index (χ1n) is 6.69. The molecule has 1 aliphatic rings. The normalized spacial score (nSPS) is 19.8. The number of sulfone groups is 1. The summed E-state index contributed by atoms with van der Waals surface area (Å²) in [5.74, 6) is 1.12. The molecular formula is C13H14ClN5O2S. The van der Waals surface area contributed by atoms with Gasteiger partial charge in [-0.25, -0.2) is 8.42 Å². The second kappa shape index (κ2) is 6.05. The first kappa shape index (κ1) is 15.0. The van der Waals surface area contributed by atoms with E-state index in [0.29, 0.717) is 23.2 Å². The maximum atomic E-state index is 11.4. The molecule has 0 aliphatic carbocycles. The smallest absolute Gasteiger partial charge is 0.244 e. The van der Waals surface area contributed by atoms with Crippen molar-refractivity contribution in [3.63, 3.8) is 0 Å². The topological polar surface area (TPSA) is 96.9 Å². The molecule has 0 saturated carbocycles. The van der Waals surface area contributed by atoms with E-state index in [0.717, 1.165) is 5.69 Å². The first-order valence-corrected chi connectivity index (χ1v) is 8.89. The Morgan fingerprint density at radius 3 is 2.68 bits per heavy atom. The highest BCUT2D eigenvalue weighted by atomic mass is 35.5. The molecule has 1 aromatic heterocycles. The standard InChI is InChI=1S/C13H14ClN5O2S/c14-9-1-3-10(4-2-9)16-12-7-15-19-13(18-12)17-11-5-6-22(20,21)8-11/h1-4,7,11H,5-6,8H2,(H2,16,17,18,19).